The van der Waals surface area contributed by atoms with Gasteiger partial charge in [0.25, 0.3) is 6.71 Å². The minimum atomic E-state index is -0.508. The molecule has 478 valence electrons. The van der Waals surface area contributed by atoms with E-state index in [0.717, 1.165) is 117 Å². The van der Waals surface area contributed by atoms with Crippen LogP contribution in [0.1, 0.15) is 116 Å². The first-order valence-corrected chi connectivity index (χ1v) is 34.4. The lowest BCUT2D eigenvalue weighted by Gasteiger charge is -2.46. The maximum absolute atomic E-state index is 10.1. The molecule has 16 rings (SSSR count). The quantitative estimate of drug-likeness (QED) is 0.133. The number of para-hydroxylation sites is 4. The fourth-order valence-corrected chi connectivity index (χ4v) is 15.0. The molecule has 0 aliphatic carbocycles. The first-order chi connectivity index (χ1) is 50.5. The maximum Gasteiger partial charge on any atom is 0.252 e. The van der Waals surface area contributed by atoms with Crippen LogP contribution in [-0.4, -0.2) is 11.3 Å². The fourth-order valence-electron chi connectivity index (χ4n) is 15.0. The Morgan fingerprint density at radius 2 is 0.592 bits per heavy atom. The Bertz CT molecular complexity index is 5370. The average Bonchev–Trinajstić information content (AvgIpc) is 1.15. The molecule has 0 atom stereocenters. The highest BCUT2D eigenvalue weighted by molar-refractivity contribution is 7.00. The number of aromatic nitrogens is 1. The summed E-state index contributed by atoms with van der Waals surface area (Å²) in [7, 11) is 0. The van der Waals surface area contributed by atoms with E-state index in [1.165, 1.54) is 22.3 Å². The summed E-state index contributed by atoms with van der Waals surface area (Å²) in [6.45, 7) is 26.4. The number of rotatable bonds is 9. The van der Waals surface area contributed by atoms with Gasteiger partial charge in [-0.25, -0.2) is 0 Å². The van der Waals surface area contributed by atoms with Crippen molar-refractivity contribution in [3.05, 3.63) is 313 Å². The molecule has 0 unspecified atom stereocenters. The van der Waals surface area contributed by atoms with Crippen LogP contribution in [0.15, 0.2) is 291 Å². The summed E-state index contributed by atoms with van der Waals surface area (Å²) < 4.78 is 79.1. The molecule has 98 heavy (non-hydrogen) atoms. The van der Waals surface area contributed by atoms with Crippen LogP contribution >= 0.6 is 0 Å². The zero-order valence-electron chi connectivity index (χ0n) is 66.0. The van der Waals surface area contributed by atoms with E-state index in [9.17, 15) is 11.0 Å². The molecule has 4 heteroatoms. The highest BCUT2D eigenvalue weighted by Crippen LogP contribution is 2.55. The van der Waals surface area contributed by atoms with Crippen molar-refractivity contribution in [3.63, 3.8) is 0 Å². The summed E-state index contributed by atoms with van der Waals surface area (Å²) in [5.41, 5.74) is 24.7. The molecule has 0 bridgehead atoms. The van der Waals surface area contributed by atoms with Crippen molar-refractivity contribution in [3.8, 4) is 72.4 Å². The van der Waals surface area contributed by atoms with E-state index in [2.05, 4.69) is 323 Å². The number of nitrogens with zero attached hydrogens (tertiary/aromatic N) is 3. The summed E-state index contributed by atoms with van der Waals surface area (Å²) in [6.07, 6.45) is 0. The first kappa shape index (κ1) is 53.5. The lowest BCUT2D eigenvalue weighted by Crippen LogP contribution is -2.61. The van der Waals surface area contributed by atoms with Crippen molar-refractivity contribution in [2.45, 2.75) is 105 Å². The highest BCUT2D eigenvalue weighted by atomic mass is 15.2. The largest absolute Gasteiger partial charge is 0.310 e. The van der Waals surface area contributed by atoms with E-state index in [1.54, 1.807) is 4.57 Å². The van der Waals surface area contributed by atoms with Crippen LogP contribution in [-0.2, 0) is 21.7 Å². The van der Waals surface area contributed by atoms with E-state index in [0.29, 0.717) is 5.69 Å². The number of hydrogen-bond acceptors (Lipinski definition) is 2. The standard InChI is InChI=1S/C94H84BN3/c1-91(2,3)69-47-37-63(38-48-69)74-31-23-32-75(64-39-49-70(50-40-64)92(4,5)6)89(74)97-84-57-67(61-25-15-13-16-26-61)45-55-80(84)95-81-56-46-68(62-27-17-14-18-28-62)58-85(81)98(87-60-73(59-86(97)88(87)95)96-82-35-21-19-29-78(82)79-30-20-22-36-83(79)96)90-76(65-41-51-71(52-42-65)93(7,8)9)33-24-34-77(90)66-43-53-72(54-44-66)94(10,11)12/h13-60H,1-12H3/i19D,20D,21D,22D,29D,30D,35D,36D. The van der Waals surface area contributed by atoms with Crippen LogP contribution in [0.2, 0.25) is 0 Å². The molecule has 3 nitrogen and oxygen atoms in total. The van der Waals surface area contributed by atoms with Crippen LogP contribution in [0, 0.1) is 0 Å². The van der Waals surface area contributed by atoms with Gasteiger partial charge in [0.2, 0.25) is 0 Å². The van der Waals surface area contributed by atoms with Crippen molar-refractivity contribution < 1.29 is 11.0 Å². The van der Waals surface area contributed by atoms with Gasteiger partial charge in [0, 0.05) is 55.8 Å². The third kappa shape index (κ3) is 10.8. The minimum Gasteiger partial charge on any atom is -0.310 e. The van der Waals surface area contributed by atoms with Gasteiger partial charge in [0.1, 0.15) is 0 Å². The minimum absolute atomic E-state index is 0.00303. The molecule has 0 amide bonds. The monoisotopic (exact) mass is 1270 g/mol. The molecule has 0 saturated carbocycles. The van der Waals surface area contributed by atoms with E-state index < -0.39 is 43.0 Å². The molecule has 0 saturated heterocycles. The molecule has 1 aromatic heterocycles. The Morgan fingerprint density at radius 3 is 0.908 bits per heavy atom. The summed E-state index contributed by atoms with van der Waals surface area (Å²) in [6, 6.07) is 84.6. The second-order valence-electron chi connectivity index (χ2n) is 30.8. The zero-order valence-corrected chi connectivity index (χ0v) is 58.0. The van der Waals surface area contributed by atoms with Crippen molar-refractivity contribution in [2.24, 2.45) is 0 Å². The molecule has 13 aromatic carbocycles. The normalized spacial score (nSPS) is 14.2. The zero-order chi connectivity index (χ0) is 74.5. The Kier molecular flexibility index (Phi) is 12.9. The summed E-state index contributed by atoms with van der Waals surface area (Å²) in [5, 5.41) is -0.00606. The van der Waals surface area contributed by atoms with Crippen LogP contribution < -0.4 is 26.2 Å². The number of anilines is 6. The Labute approximate surface area is 591 Å². The van der Waals surface area contributed by atoms with Crippen molar-refractivity contribution in [1.29, 1.82) is 0 Å². The van der Waals surface area contributed by atoms with Gasteiger partial charge >= 0.3 is 0 Å². The number of hydrogen-bond donors (Lipinski definition) is 0. The molecule has 0 radical (unpaired) electrons. The molecule has 0 fully saturated rings. The van der Waals surface area contributed by atoms with Gasteiger partial charge in [0.15, 0.2) is 0 Å². The van der Waals surface area contributed by atoms with Gasteiger partial charge in [-0.3, -0.25) is 0 Å². The Hall–Kier alpha value is -10.7. The molecule has 0 spiro atoms. The van der Waals surface area contributed by atoms with Crippen LogP contribution in [0.4, 0.5) is 34.1 Å². The lowest BCUT2D eigenvalue weighted by molar-refractivity contribution is 0.590. The molecule has 0 N–H and O–H groups in total. The van der Waals surface area contributed by atoms with Crippen LogP contribution in [0.3, 0.4) is 0 Å². The van der Waals surface area contributed by atoms with Crippen molar-refractivity contribution in [2.75, 3.05) is 9.80 Å². The molecule has 2 aliphatic heterocycles. The summed E-state index contributed by atoms with van der Waals surface area (Å²) in [5.74, 6) is 0. The van der Waals surface area contributed by atoms with E-state index in [-0.39, 0.29) is 55.6 Å². The smallest absolute Gasteiger partial charge is 0.252 e. The third-order valence-electron chi connectivity index (χ3n) is 20.3. The topological polar surface area (TPSA) is 11.4 Å². The Morgan fingerprint density at radius 1 is 0.286 bits per heavy atom. The number of benzene rings is 13. The highest BCUT2D eigenvalue weighted by Gasteiger charge is 2.46. The summed E-state index contributed by atoms with van der Waals surface area (Å²) in [4.78, 5) is 4.90. The fraction of sp³-hybridized carbons (Fsp3) is 0.170. The third-order valence-corrected chi connectivity index (χ3v) is 20.3. The second-order valence-corrected chi connectivity index (χ2v) is 30.8. The van der Waals surface area contributed by atoms with E-state index in [1.807, 2.05) is 12.1 Å². The second kappa shape index (κ2) is 23.6. The molecular weight excluding hydrogens is 1180 g/mol. The maximum atomic E-state index is 10.1. The van der Waals surface area contributed by atoms with Crippen molar-refractivity contribution >= 4 is 79.0 Å². The Balaban J connectivity index is 1.14. The SMILES string of the molecule is [2H]c1c([2H])c([2H])c2c(c1[2H])c1c([2H])c([2H])c([2H])c([2H])c1n2-c1cc2c3c(c1)N(c1c(-c4ccc(C(C)(C)C)cc4)cccc1-c1ccc(C(C)(C)C)cc1)c1cc(-c4ccccc4)ccc1B3c1ccc(-c3ccccc3)cc1N2c1c(-c2ccc(C(C)(C)C)cc2)cccc1-c1ccc(C(C)(C)C)cc1. The van der Waals surface area contributed by atoms with Crippen molar-refractivity contribution in [1.82, 2.24) is 4.57 Å². The summed E-state index contributed by atoms with van der Waals surface area (Å²) >= 11 is 0. The molecule has 3 heterocycles. The predicted octanol–water partition coefficient (Wildman–Crippen LogP) is 24.1. The lowest BCUT2D eigenvalue weighted by atomic mass is 9.33. The van der Waals surface area contributed by atoms with Gasteiger partial charge in [-0.2, -0.15) is 0 Å². The molecule has 2 aliphatic rings. The van der Waals surface area contributed by atoms with Crippen LogP contribution in [0.5, 0.6) is 0 Å². The number of fused-ring (bicyclic) bond motifs is 7. The van der Waals surface area contributed by atoms with Gasteiger partial charge in [-0.15, -0.1) is 0 Å². The van der Waals surface area contributed by atoms with E-state index in [4.69, 9.17) is 0 Å². The molecule has 14 aromatic rings. The van der Waals surface area contributed by atoms with Crippen LogP contribution in [0.25, 0.3) is 94.3 Å². The van der Waals surface area contributed by atoms with E-state index >= 15 is 0 Å². The van der Waals surface area contributed by atoms with Gasteiger partial charge in [-0.1, -0.05) is 338 Å². The predicted molar refractivity (Wildman–Crippen MR) is 422 cm³/mol. The average molecular weight is 1270 g/mol. The molecular formula is C94H84BN3. The first-order valence-electron chi connectivity index (χ1n) is 38.4. The van der Waals surface area contributed by atoms with Gasteiger partial charge in [-0.05, 0) is 141 Å². The van der Waals surface area contributed by atoms with Gasteiger partial charge < -0.3 is 14.4 Å². The van der Waals surface area contributed by atoms with Gasteiger partial charge in [0.05, 0.1) is 39.1 Å².